The van der Waals surface area contributed by atoms with E-state index in [1.165, 1.54) is 28.7 Å². The van der Waals surface area contributed by atoms with E-state index >= 15 is 0 Å². The number of nitrogens with zero attached hydrogens (tertiary/aromatic N) is 1. The van der Waals surface area contributed by atoms with Crippen LogP contribution in [0.25, 0.3) is 10.9 Å². The number of H-pyrrole nitrogens is 1. The number of benzene rings is 1. The Morgan fingerprint density at radius 3 is 3.11 bits per heavy atom. The van der Waals surface area contributed by atoms with E-state index < -0.39 is 0 Å². The summed E-state index contributed by atoms with van der Waals surface area (Å²) >= 11 is 0. The predicted molar refractivity (Wildman–Crippen MR) is 77.1 cm³/mol. The quantitative estimate of drug-likeness (QED) is 0.851. The number of hydrogen-bond donors (Lipinski definition) is 2. The molecule has 3 nitrogen and oxygen atoms in total. The average molecular weight is 243 g/mol. The number of aryl methyl sites for hydroxylation is 1. The third kappa shape index (κ3) is 1.99. The molecule has 96 valence electrons. The molecule has 0 spiro atoms. The minimum atomic E-state index is 0.318. The Morgan fingerprint density at radius 1 is 1.44 bits per heavy atom. The van der Waals surface area contributed by atoms with Crippen LogP contribution in [0, 0.1) is 0 Å². The van der Waals surface area contributed by atoms with Gasteiger partial charge in [-0.05, 0) is 37.5 Å². The van der Waals surface area contributed by atoms with E-state index in [1.807, 2.05) is 0 Å². The Balaban J connectivity index is 2.02. The molecule has 0 aliphatic carbocycles. The smallest absolute Gasteiger partial charge is 0.0477 e. The van der Waals surface area contributed by atoms with Crippen molar-refractivity contribution in [2.45, 2.75) is 32.2 Å². The summed E-state index contributed by atoms with van der Waals surface area (Å²) in [6.07, 6.45) is 3.40. The number of nitrogens with one attached hydrogen (secondary N) is 1. The molecule has 1 aliphatic heterocycles. The Labute approximate surface area is 108 Å². The van der Waals surface area contributed by atoms with Crippen LogP contribution in [0.3, 0.4) is 0 Å². The highest BCUT2D eigenvalue weighted by molar-refractivity contribution is 5.93. The van der Waals surface area contributed by atoms with E-state index in [0.717, 1.165) is 25.9 Å². The van der Waals surface area contributed by atoms with Gasteiger partial charge in [0.15, 0.2) is 0 Å². The van der Waals surface area contributed by atoms with Crippen LogP contribution in [0.5, 0.6) is 0 Å². The van der Waals surface area contributed by atoms with Crippen LogP contribution < -0.4 is 10.6 Å². The largest absolute Gasteiger partial charge is 0.369 e. The molecule has 3 N–H and O–H groups in total. The molecule has 0 saturated carbocycles. The molecule has 1 aliphatic rings. The lowest BCUT2D eigenvalue weighted by Gasteiger charge is -2.33. The van der Waals surface area contributed by atoms with Gasteiger partial charge < -0.3 is 15.6 Å². The lowest BCUT2D eigenvalue weighted by molar-refractivity contribution is 0.507. The van der Waals surface area contributed by atoms with E-state index in [0.29, 0.717) is 6.04 Å². The minimum Gasteiger partial charge on any atom is -0.369 e. The Morgan fingerprint density at radius 2 is 2.33 bits per heavy atom. The molecule has 1 aromatic carbocycles. The van der Waals surface area contributed by atoms with Crippen LogP contribution in [0.15, 0.2) is 24.3 Å². The van der Waals surface area contributed by atoms with Crippen molar-refractivity contribution in [1.82, 2.24) is 4.98 Å². The fourth-order valence-corrected chi connectivity index (χ4v) is 2.89. The first kappa shape index (κ1) is 11.6. The molecule has 2 aromatic rings. The Hall–Kier alpha value is -1.48. The van der Waals surface area contributed by atoms with Gasteiger partial charge in [-0.1, -0.05) is 13.0 Å². The van der Waals surface area contributed by atoms with Crippen molar-refractivity contribution in [3.63, 3.8) is 0 Å². The van der Waals surface area contributed by atoms with Gasteiger partial charge in [0.05, 0.1) is 0 Å². The first-order chi connectivity index (χ1) is 8.78. The van der Waals surface area contributed by atoms with Crippen LogP contribution >= 0.6 is 0 Å². The molecular weight excluding hydrogens is 222 g/mol. The van der Waals surface area contributed by atoms with Gasteiger partial charge in [0.2, 0.25) is 0 Å². The molecule has 18 heavy (non-hydrogen) atoms. The maximum Gasteiger partial charge on any atom is 0.0477 e. The molecule has 1 aromatic heterocycles. The van der Waals surface area contributed by atoms with Crippen molar-refractivity contribution in [2.24, 2.45) is 5.73 Å². The summed E-state index contributed by atoms with van der Waals surface area (Å²) in [5, 5.41) is 1.34. The van der Waals surface area contributed by atoms with Crippen molar-refractivity contribution in [3.8, 4) is 0 Å². The zero-order chi connectivity index (χ0) is 12.5. The van der Waals surface area contributed by atoms with Crippen LogP contribution in [0.2, 0.25) is 0 Å². The van der Waals surface area contributed by atoms with Gasteiger partial charge in [-0.15, -0.1) is 0 Å². The average Bonchev–Trinajstić information content (AvgIpc) is 2.81. The zero-order valence-electron chi connectivity index (χ0n) is 10.9. The number of anilines is 1. The Kier molecular flexibility index (Phi) is 3.00. The molecule has 1 fully saturated rings. The molecule has 0 amide bonds. The van der Waals surface area contributed by atoms with Crippen molar-refractivity contribution in [1.29, 1.82) is 0 Å². The summed E-state index contributed by atoms with van der Waals surface area (Å²) < 4.78 is 0. The number of rotatable bonds is 2. The molecule has 3 rings (SSSR count). The molecule has 2 heterocycles. The topological polar surface area (TPSA) is 45.0 Å². The van der Waals surface area contributed by atoms with Gasteiger partial charge in [0.25, 0.3) is 0 Å². The number of hydrogen-bond acceptors (Lipinski definition) is 2. The molecule has 3 heteroatoms. The Bertz CT molecular complexity index is 544. The van der Waals surface area contributed by atoms with Crippen molar-refractivity contribution >= 4 is 16.6 Å². The number of aromatic amines is 1. The third-order valence-corrected chi connectivity index (χ3v) is 3.88. The van der Waals surface area contributed by atoms with Gasteiger partial charge in [-0.3, -0.25) is 0 Å². The van der Waals surface area contributed by atoms with Crippen molar-refractivity contribution in [2.75, 3.05) is 18.0 Å². The maximum absolute atomic E-state index is 6.09. The van der Waals surface area contributed by atoms with Crippen molar-refractivity contribution in [3.05, 3.63) is 30.0 Å². The molecule has 1 unspecified atom stereocenters. The van der Waals surface area contributed by atoms with Crippen LogP contribution in [-0.2, 0) is 6.42 Å². The molecule has 0 radical (unpaired) electrons. The lowest BCUT2D eigenvalue weighted by Crippen LogP contribution is -2.42. The van der Waals surface area contributed by atoms with Crippen LogP contribution in [0.4, 0.5) is 5.69 Å². The van der Waals surface area contributed by atoms with Crippen LogP contribution in [-0.4, -0.2) is 24.1 Å². The number of aromatic nitrogens is 1. The predicted octanol–water partition coefficient (Wildman–Crippen LogP) is 2.66. The molecule has 1 atom stereocenters. The number of fused-ring (bicyclic) bond motifs is 1. The van der Waals surface area contributed by atoms with E-state index in [1.54, 1.807) is 0 Å². The maximum atomic E-state index is 6.09. The highest BCUT2D eigenvalue weighted by Gasteiger charge is 2.18. The molecule has 1 saturated heterocycles. The minimum absolute atomic E-state index is 0.318. The first-order valence-corrected chi connectivity index (χ1v) is 6.89. The highest BCUT2D eigenvalue weighted by atomic mass is 15.2. The van der Waals surface area contributed by atoms with Crippen LogP contribution in [0.1, 0.15) is 25.5 Å². The highest BCUT2D eigenvalue weighted by Crippen LogP contribution is 2.29. The number of piperidine rings is 1. The van der Waals surface area contributed by atoms with E-state index in [4.69, 9.17) is 5.73 Å². The third-order valence-electron chi connectivity index (χ3n) is 3.88. The molecule has 0 bridgehead atoms. The zero-order valence-corrected chi connectivity index (χ0v) is 10.9. The second-order valence-corrected chi connectivity index (χ2v) is 5.23. The fraction of sp³-hybridized carbons (Fsp3) is 0.467. The monoisotopic (exact) mass is 243 g/mol. The lowest BCUT2D eigenvalue weighted by atomic mass is 10.0. The summed E-state index contributed by atoms with van der Waals surface area (Å²) in [6, 6.07) is 9.10. The van der Waals surface area contributed by atoms with Gasteiger partial charge in [0, 0.05) is 41.4 Å². The normalized spacial score (nSPS) is 20.6. The van der Waals surface area contributed by atoms with Gasteiger partial charge in [0.1, 0.15) is 0 Å². The fourth-order valence-electron chi connectivity index (χ4n) is 2.89. The summed E-state index contributed by atoms with van der Waals surface area (Å²) in [7, 11) is 0. The second kappa shape index (κ2) is 4.65. The van der Waals surface area contributed by atoms with E-state index in [2.05, 4.69) is 41.1 Å². The van der Waals surface area contributed by atoms with Gasteiger partial charge >= 0.3 is 0 Å². The summed E-state index contributed by atoms with van der Waals surface area (Å²) in [4.78, 5) is 5.91. The number of nitrogens with two attached hydrogens (primary N) is 1. The van der Waals surface area contributed by atoms with Gasteiger partial charge in [-0.25, -0.2) is 0 Å². The standard InChI is InChI=1S/C15H21N3/c1-2-12-9-13-14(17-12)6-3-7-15(13)18-8-4-5-11(16)10-18/h3,6-7,9,11,17H,2,4-5,8,10,16H2,1H3. The summed E-state index contributed by atoms with van der Waals surface area (Å²) in [6.45, 7) is 4.28. The van der Waals surface area contributed by atoms with Gasteiger partial charge in [-0.2, -0.15) is 0 Å². The SMILES string of the molecule is CCc1cc2c(N3CCCC(N)C3)cccc2[nH]1. The summed E-state index contributed by atoms with van der Waals surface area (Å²) in [5.74, 6) is 0. The molecular formula is C15H21N3. The first-order valence-electron chi connectivity index (χ1n) is 6.89. The second-order valence-electron chi connectivity index (χ2n) is 5.23. The van der Waals surface area contributed by atoms with E-state index in [9.17, 15) is 0 Å². The van der Waals surface area contributed by atoms with Crippen molar-refractivity contribution < 1.29 is 0 Å². The summed E-state index contributed by atoms with van der Waals surface area (Å²) in [5.41, 5.74) is 9.96. The van der Waals surface area contributed by atoms with E-state index in [-0.39, 0.29) is 0 Å².